The van der Waals surface area contributed by atoms with Gasteiger partial charge < -0.3 is 26.2 Å². The molecule has 2 aromatic rings. The van der Waals surface area contributed by atoms with Crippen LogP contribution >= 0.6 is 0 Å². The lowest BCUT2D eigenvalue weighted by atomic mass is 9.88. The second-order valence-corrected chi connectivity index (χ2v) is 13.5. The lowest BCUT2D eigenvalue weighted by Gasteiger charge is -2.33. The van der Waals surface area contributed by atoms with Crippen molar-refractivity contribution in [2.45, 2.75) is 89.9 Å². The standard InChI is InChI=1S/C33H43N7O5/c1-17(2)40-25(13-14-34-40)31(43)38-30(28(19-5-6-19)20-7-8-20)33(45)36-22-11-12-23-24(16-27(42)39(4)26(23)15-22)37-32(44)29(21-9-10-21)35-18(3)41/h11-15,17,19-21,24,28-30H,5-10,16H2,1-4H3,(H,35,41)(H,36,45)(H,37,44)(H,38,43)/t24?,29-,30+/m1/s1. The molecule has 0 spiro atoms. The number of carbonyl (C=O) groups excluding carboxylic acids is 5. The van der Waals surface area contributed by atoms with Gasteiger partial charge >= 0.3 is 0 Å². The zero-order valence-corrected chi connectivity index (χ0v) is 26.3. The van der Waals surface area contributed by atoms with Gasteiger partial charge in [-0.3, -0.25) is 28.7 Å². The van der Waals surface area contributed by atoms with E-state index in [9.17, 15) is 24.0 Å². The van der Waals surface area contributed by atoms with E-state index in [0.29, 0.717) is 28.9 Å². The van der Waals surface area contributed by atoms with Gasteiger partial charge in [-0.25, -0.2) is 0 Å². The molecule has 3 fully saturated rings. The summed E-state index contributed by atoms with van der Waals surface area (Å²) in [5, 5.41) is 16.1. The summed E-state index contributed by atoms with van der Waals surface area (Å²) < 4.78 is 1.65. The summed E-state index contributed by atoms with van der Waals surface area (Å²) in [6.45, 7) is 5.29. The van der Waals surface area contributed by atoms with E-state index in [1.807, 2.05) is 19.9 Å². The third kappa shape index (κ3) is 6.74. The van der Waals surface area contributed by atoms with Crippen molar-refractivity contribution in [3.05, 3.63) is 41.7 Å². The van der Waals surface area contributed by atoms with Gasteiger partial charge in [-0.1, -0.05) is 6.07 Å². The fourth-order valence-electron chi connectivity index (χ4n) is 6.77. The second kappa shape index (κ2) is 12.3. The molecule has 0 saturated heterocycles. The van der Waals surface area contributed by atoms with Gasteiger partial charge in [-0.05, 0) is 99.8 Å². The number of hydrogen-bond donors (Lipinski definition) is 4. The number of hydrogen-bond acceptors (Lipinski definition) is 6. The Morgan fingerprint density at radius 2 is 1.58 bits per heavy atom. The Labute approximate surface area is 263 Å². The van der Waals surface area contributed by atoms with E-state index < -0.39 is 18.1 Å². The molecule has 12 heteroatoms. The average Bonchev–Trinajstić information content (AvgIpc) is 3.85. The highest BCUT2D eigenvalue weighted by molar-refractivity contribution is 6.02. The molecule has 3 saturated carbocycles. The van der Waals surface area contributed by atoms with Crippen LogP contribution in [-0.4, -0.2) is 58.4 Å². The number of benzene rings is 1. The van der Waals surface area contributed by atoms with Gasteiger partial charge in [0.25, 0.3) is 5.91 Å². The van der Waals surface area contributed by atoms with Gasteiger partial charge in [0.2, 0.25) is 23.6 Å². The summed E-state index contributed by atoms with van der Waals surface area (Å²) >= 11 is 0. The van der Waals surface area contributed by atoms with Crippen LogP contribution in [0.2, 0.25) is 0 Å². The maximum absolute atomic E-state index is 14.0. The molecule has 0 radical (unpaired) electrons. The second-order valence-electron chi connectivity index (χ2n) is 13.5. The molecule has 2 heterocycles. The van der Waals surface area contributed by atoms with E-state index in [4.69, 9.17) is 0 Å². The van der Waals surface area contributed by atoms with Crippen LogP contribution in [-0.2, 0) is 19.2 Å². The topological polar surface area (TPSA) is 155 Å². The van der Waals surface area contributed by atoms with Crippen molar-refractivity contribution >= 4 is 40.9 Å². The Morgan fingerprint density at radius 3 is 2.18 bits per heavy atom. The first-order valence-corrected chi connectivity index (χ1v) is 16.1. The molecule has 6 rings (SSSR count). The molecule has 4 aliphatic rings. The SMILES string of the molecule is CC(=O)N[C@@H](C(=O)NC1CC(=O)N(C)c2cc(NC(=O)[C@@H](NC(=O)c3ccnn3C(C)C)C(C3CC3)C3CC3)ccc21)C1CC1. The minimum absolute atomic E-state index is 0.00974. The zero-order valence-electron chi connectivity index (χ0n) is 26.3. The molecule has 0 bridgehead atoms. The van der Waals surface area contributed by atoms with Crippen LogP contribution in [0.1, 0.15) is 93.9 Å². The van der Waals surface area contributed by atoms with Gasteiger partial charge in [0.1, 0.15) is 17.8 Å². The van der Waals surface area contributed by atoms with E-state index in [2.05, 4.69) is 26.4 Å². The van der Waals surface area contributed by atoms with Crippen molar-refractivity contribution in [1.29, 1.82) is 0 Å². The third-order valence-corrected chi connectivity index (χ3v) is 9.52. The van der Waals surface area contributed by atoms with Crippen LogP contribution in [0, 0.1) is 23.7 Å². The number of aromatic nitrogens is 2. The zero-order chi connectivity index (χ0) is 32.0. The van der Waals surface area contributed by atoms with Crippen molar-refractivity contribution in [3.8, 4) is 0 Å². The monoisotopic (exact) mass is 617 g/mol. The minimum atomic E-state index is -0.719. The Bertz CT molecular complexity index is 1490. The largest absolute Gasteiger partial charge is 0.347 e. The van der Waals surface area contributed by atoms with Crippen molar-refractivity contribution in [1.82, 2.24) is 25.7 Å². The summed E-state index contributed by atoms with van der Waals surface area (Å²) in [6, 6.07) is 5.07. The molecule has 1 aromatic carbocycles. The molecule has 4 N–H and O–H groups in total. The number of amides is 5. The van der Waals surface area contributed by atoms with Gasteiger partial charge in [0.05, 0.1) is 18.2 Å². The highest BCUT2D eigenvalue weighted by atomic mass is 16.2. The van der Waals surface area contributed by atoms with Crippen LogP contribution in [0.15, 0.2) is 30.5 Å². The Morgan fingerprint density at radius 1 is 0.911 bits per heavy atom. The highest BCUT2D eigenvalue weighted by Gasteiger charge is 2.48. The highest BCUT2D eigenvalue weighted by Crippen LogP contribution is 2.51. The van der Waals surface area contributed by atoms with Crippen molar-refractivity contribution in [3.63, 3.8) is 0 Å². The predicted octanol–water partition coefficient (Wildman–Crippen LogP) is 3.08. The van der Waals surface area contributed by atoms with E-state index in [-0.39, 0.29) is 53.8 Å². The number of rotatable bonds is 12. The van der Waals surface area contributed by atoms with Crippen LogP contribution in [0.3, 0.4) is 0 Å². The first kappa shape index (κ1) is 30.8. The number of fused-ring (bicyclic) bond motifs is 1. The quantitative estimate of drug-likeness (QED) is 0.287. The predicted molar refractivity (Wildman–Crippen MR) is 167 cm³/mol. The molecule has 12 nitrogen and oxygen atoms in total. The molecule has 3 atom stereocenters. The van der Waals surface area contributed by atoms with E-state index in [0.717, 1.165) is 44.1 Å². The summed E-state index contributed by atoms with van der Waals surface area (Å²) in [4.78, 5) is 66.9. The Balaban J connectivity index is 1.22. The summed E-state index contributed by atoms with van der Waals surface area (Å²) in [5.74, 6) is -0.417. The Kier molecular flexibility index (Phi) is 8.41. The van der Waals surface area contributed by atoms with Crippen LogP contribution in [0.4, 0.5) is 11.4 Å². The maximum atomic E-state index is 14.0. The van der Waals surface area contributed by atoms with Gasteiger partial charge in [0, 0.05) is 31.9 Å². The molecule has 240 valence electrons. The fourth-order valence-corrected chi connectivity index (χ4v) is 6.77. The molecule has 1 unspecified atom stereocenters. The van der Waals surface area contributed by atoms with Crippen molar-refractivity contribution < 1.29 is 24.0 Å². The third-order valence-electron chi connectivity index (χ3n) is 9.52. The van der Waals surface area contributed by atoms with E-state index in [1.165, 1.54) is 11.8 Å². The first-order chi connectivity index (χ1) is 21.5. The minimum Gasteiger partial charge on any atom is -0.347 e. The first-order valence-electron chi connectivity index (χ1n) is 16.1. The number of carbonyl (C=O) groups is 5. The molecule has 1 aromatic heterocycles. The molecule has 3 aliphatic carbocycles. The fraction of sp³-hybridized carbons (Fsp3) is 0.576. The smallest absolute Gasteiger partial charge is 0.270 e. The normalized spacial score (nSPS) is 20.8. The van der Waals surface area contributed by atoms with Gasteiger partial charge in [-0.15, -0.1) is 0 Å². The lowest BCUT2D eigenvalue weighted by molar-refractivity contribution is -0.129. The van der Waals surface area contributed by atoms with Crippen LogP contribution in [0.25, 0.3) is 0 Å². The molecular weight excluding hydrogens is 574 g/mol. The summed E-state index contributed by atoms with van der Waals surface area (Å²) in [6.07, 6.45) is 7.62. The van der Waals surface area contributed by atoms with Crippen molar-refractivity contribution in [2.24, 2.45) is 23.7 Å². The molecule has 5 amide bonds. The number of nitrogens with zero attached hydrogens (tertiary/aromatic N) is 3. The van der Waals surface area contributed by atoms with Gasteiger partial charge in [-0.2, -0.15) is 5.10 Å². The number of nitrogens with one attached hydrogen (secondary N) is 4. The summed E-state index contributed by atoms with van der Waals surface area (Å²) in [7, 11) is 1.67. The van der Waals surface area contributed by atoms with Crippen molar-refractivity contribution in [2.75, 3.05) is 17.3 Å². The van der Waals surface area contributed by atoms with Crippen LogP contribution in [0.5, 0.6) is 0 Å². The average molecular weight is 618 g/mol. The molecular formula is C33H43N7O5. The Hall–Kier alpha value is -4.22. The maximum Gasteiger partial charge on any atom is 0.270 e. The van der Waals surface area contributed by atoms with E-state index >= 15 is 0 Å². The number of anilines is 2. The molecule has 45 heavy (non-hydrogen) atoms. The molecule has 1 aliphatic heterocycles. The van der Waals surface area contributed by atoms with Crippen LogP contribution < -0.4 is 26.2 Å². The van der Waals surface area contributed by atoms with Gasteiger partial charge in [0.15, 0.2) is 0 Å². The lowest BCUT2D eigenvalue weighted by Crippen LogP contribution is -2.50. The summed E-state index contributed by atoms with van der Waals surface area (Å²) in [5.41, 5.74) is 2.24. The van der Waals surface area contributed by atoms with E-state index in [1.54, 1.807) is 36.1 Å².